The maximum absolute atomic E-state index is 11.1. The summed E-state index contributed by atoms with van der Waals surface area (Å²) in [7, 11) is 0. The van der Waals surface area contributed by atoms with Gasteiger partial charge in [0.05, 0.1) is 31.4 Å². The third kappa shape index (κ3) is 6.60. The van der Waals surface area contributed by atoms with Crippen LogP contribution in [0.25, 0.3) is 0 Å². The summed E-state index contributed by atoms with van der Waals surface area (Å²) in [6.45, 7) is -1.49. The molecule has 3 heterocycles. The van der Waals surface area contributed by atoms with Crippen molar-refractivity contribution < 1.29 is 69.3 Å². The van der Waals surface area contributed by atoms with E-state index >= 15 is 0 Å². The molecule has 4 aliphatic rings. The van der Waals surface area contributed by atoms with Crippen molar-refractivity contribution in [1.29, 1.82) is 0 Å². The van der Waals surface area contributed by atoms with Crippen LogP contribution in [0.1, 0.15) is 6.42 Å². The van der Waals surface area contributed by atoms with Gasteiger partial charge in [-0.2, -0.15) is 0 Å². The van der Waals surface area contributed by atoms with Gasteiger partial charge in [0.2, 0.25) is 0 Å². The first kappa shape index (κ1) is 34.1. The van der Waals surface area contributed by atoms with E-state index in [2.05, 4.69) is 0 Å². The lowest BCUT2D eigenvalue weighted by molar-refractivity contribution is -0.310. The van der Waals surface area contributed by atoms with Crippen molar-refractivity contribution in [1.82, 2.24) is 0 Å². The van der Waals surface area contributed by atoms with Crippen molar-refractivity contribution in [3.8, 4) is 0 Å². The quantitative estimate of drug-likeness (QED) is 0.114. The maximum Gasteiger partial charge on any atom is 0.187 e. The molecule has 3 aliphatic heterocycles. The van der Waals surface area contributed by atoms with Gasteiger partial charge in [-0.05, 0) is 6.42 Å². The van der Waals surface area contributed by atoms with Crippen LogP contribution in [0.3, 0.4) is 0 Å². The fourth-order valence-electron chi connectivity index (χ4n) is 5.70. The van der Waals surface area contributed by atoms with Crippen LogP contribution in [-0.2, 0) is 28.4 Å². The third-order valence-electron chi connectivity index (χ3n) is 8.32. The van der Waals surface area contributed by atoms with Crippen LogP contribution in [-0.4, -0.2) is 177 Å². The van der Waals surface area contributed by atoms with Crippen LogP contribution in [0.5, 0.6) is 0 Å². The van der Waals surface area contributed by atoms with Crippen LogP contribution in [0.4, 0.5) is 0 Å². The lowest BCUT2D eigenvalue weighted by Gasteiger charge is -2.47. The summed E-state index contributed by atoms with van der Waals surface area (Å²) >= 11 is 0. The van der Waals surface area contributed by atoms with Gasteiger partial charge in [-0.15, -0.1) is 0 Å². The summed E-state index contributed by atoms with van der Waals surface area (Å²) in [4.78, 5) is 0. The number of aliphatic hydroxyl groups excluding tert-OH is 8. The Morgan fingerprint density at radius 3 is 1.55 bits per heavy atom. The van der Waals surface area contributed by atoms with E-state index in [9.17, 15) is 40.9 Å². The summed E-state index contributed by atoms with van der Waals surface area (Å²) in [6, 6.07) is -4.30. The Kier molecular flexibility index (Phi) is 11.5. The standard InChI is InChI=1S/C23H45N5O14/c24-2-7-13(32)15(34)10(27)21(37-7)41-19-9(4-30)39-23(17(19)36)42-20-12(31)5(25)1-6(26)18(20)40-22-11(28)16(35)14(33)8(3-29)38-22/h5-23,29-36H,1-4,24-28H2/t5-,6+,7+,8-,9-,10-,11-,12+,13+,14-,15-,16-,17-,18-,19+,20+,21-,22-,23+/m1/s1. The zero-order valence-electron chi connectivity index (χ0n) is 22.7. The van der Waals surface area contributed by atoms with E-state index in [0.29, 0.717) is 0 Å². The summed E-state index contributed by atoms with van der Waals surface area (Å²) < 4.78 is 34.4. The van der Waals surface area contributed by atoms with Crippen molar-refractivity contribution >= 4 is 0 Å². The maximum atomic E-state index is 11.1. The van der Waals surface area contributed by atoms with Gasteiger partial charge in [-0.25, -0.2) is 0 Å². The molecule has 0 aromatic heterocycles. The van der Waals surface area contributed by atoms with E-state index in [1.807, 2.05) is 0 Å². The molecule has 1 saturated carbocycles. The van der Waals surface area contributed by atoms with Crippen LogP contribution in [0.2, 0.25) is 0 Å². The van der Waals surface area contributed by atoms with Crippen LogP contribution in [0, 0.1) is 0 Å². The second-order valence-electron chi connectivity index (χ2n) is 11.2. The van der Waals surface area contributed by atoms with Crippen molar-refractivity contribution in [3.05, 3.63) is 0 Å². The summed E-state index contributed by atoms with van der Waals surface area (Å²) in [5, 5.41) is 82.3. The van der Waals surface area contributed by atoms with Crippen molar-refractivity contribution in [2.45, 2.75) is 123 Å². The minimum Gasteiger partial charge on any atom is -0.394 e. The van der Waals surface area contributed by atoms with Gasteiger partial charge >= 0.3 is 0 Å². The van der Waals surface area contributed by atoms with E-state index in [4.69, 9.17) is 57.1 Å². The van der Waals surface area contributed by atoms with E-state index < -0.39 is 129 Å². The Morgan fingerprint density at radius 1 is 0.524 bits per heavy atom. The second kappa shape index (κ2) is 14.1. The predicted molar refractivity (Wildman–Crippen MR) is 136 cm³/mol. The van der Waals surface area contributed by atoms with Gasteiger partial charge in [0.1, 0.15) is 67.1 Å². The van der Waals surface area contributed by atoms with E-state index in [1.54, 1.807) is 0 Å². The van der Waals surface area contributed by atoms with Gasteiger partial charge in [0.25, 0.3) is 0 Å². The molecule has 19 heteroatoms. The molecule has 3 saturated heterocycles. The van der Waals surface area contributed by atoms with Crippen molar-refractivity contribution in [2.75, 3.05) is 19.8 Å². The monoisotopic (exact) mass is 615 g/mol. The molecule has 246 valence electrons. The Labute approximate surface area is 240 Å². The highest BCUT2D eigenvalue weighted by Gasteiger charge is 2.54. The van der Waals surface area contributed by atoms with Crippen LogP contribution >= 0.6 is 0 Å². The van der Waals surface area contributed by atoms with Gasteiger partial charge < -0.3 is 97.9 Å². The number of hydrogen-bond acceptors (Lipinski definition) is 19. The molecular weight excluding hydrogens is 570 g/mol. The Hall–Kier alpha value is -0.760. The predicted octanol–water partition coefficient (Wildman–Crippen LogP) is -8.86. The third-order valence-corrected chi connectivity index (χ3v) is 8.32. The number of nitrogens with two attached hydrogens (primary N) is 5. The molecule has 1 aliphatic carbocycles. The fourth-order valence-corrected chi connectivity index (χ4v) is 5.70. The minimum absolute atomic E-state index is 0.0642. The average Bonchev–Trinajstić information content (AvgIpc) is 3.27. The SMILES string of the molecule is NC[C@@H]1O[C@H](O[C@@H]2[C@@H](O)[C@H](O[C@H]3[C@@H](O)[C@H](N)C[C@H](N)[C@H]3O[C@H]3O[C@H](CO)[C@@H](O)[C@H](O)[C@H]3N)O[C@@H]2CO)[C@H](N)[C@@H](O)[C@H]1O. The number of aliphatic hydroxyl groups is 8. The average molecular weight is 616 g/mol. The molecular formula is C23H45N5O14. The Morgan fingerprint density at radius 2 is 1.00 bits per heavy atom. The zero-order chi connectivity index (χ0) is 31.0. The molecule has 42 heavy (non-hydrogen) atoms. The lowest BCUT2D eigenvalue weighted by Crippen LogP contribution is -2.68. The van der Waals surface area contributed by atoms with Gasteiger partial charge in [0.15, 0.2) is 18.9 Å². The van der Waals surface area contributed by atoms with Crippen LogP contribution < -0.4 is 28.7 Å². The van der Waals surface area contributed by atoms with E-state index in [-0.39, 0.29) is 13.0 Å². The number of hydrogen-bond donors (Lipinski definition) is 13. The number of ether oxygens (including phenoxy) is 6. The summed E-state index contributed by atoms with van der Waals surface area (Å²) in [6.07, 6.45) is -20.5. The summed E-state index contributed by atoms with van der Waals surface area (Å²) in [5.74, 6) is 0. The molecule has 0 radical (unpaired) electrons. The molecule has 4 rings (SSSR count). The minimum atomic E-state index is -1.62. The lowest BCUT2D eigenvalue weighted by atomic mass is 9.84. The summed E-state index contributed by atoms with van der Waals surface area (Å²) in [5.41, 5.74) is 29.9. The molecule has 0 bridgehead atoms. The first-order valence-corrected chi connectivity index (χ1v) is 13.8. The van der Waals surface area contributed by atoms with E-state index in [1.165, 1.54) is 0 Å². The van der Waals surface area contributed by atoms with E-state index in [0.717, 1.165) is 0 Å². The molecule has 18 N–H and O–H groups in total. The Balaban J connectivity index is 1.50. The second-order valence-corrected chi connectivity index (χ2v) is 11.2. The zero-order valence-corrected chi connectivity index (χ0v) is 22.7. The first-order chi connectivity index (χ1) is 19.8. The normalized spacial score (nSPS) is 53.8. The molecule has 0 spiro atoms. The smallest absolute Gasteiger partial charge is 0.187 e. The highest BCUT2D eigenvalue weighted by molar-refractivity contribution is 5.02. The molecule has 0 aromatic carbocycles. The fraction of sp³-hybridized carbons (Fsp3) is 1.00. The van der Waals surface area contributed by atoms with Gasteiger partial charge in [0, 0.05) is 18.6 Å². The molecule has 19 nitrogen and oxygen atoms in total. The highest BCUT2D eigenvalue weighted by atomic mass is 16.8. The largest absolute Gasteiger partial charge is 0.394 e. The first-order valence-electron chi connectivity index (χ1n) is 13.8. The van der Waals surface area contributed by atoms with Crippen LogP contribution in [0.15, 0.2) is 0 Å². The number of rotatable bonds is 9. The molecule has 19 atom stereocenters. The molecule has 4 fully saturated rings. The van der Waals surface area contributed by atoms with Gasteiger partial charge in [-0.3, -0.25) is 0 Å². The van der Waals surface area contributed by atoms with Crippen molar-refractivity contribution in [2.24, 2.45) is 28.7 Å². The van der Waals surface area contributed by atoms with Gasteiger partial charge in [-0.1, -0.05) is 0 Å². The topological polar surface area (TPSA) is 347 Å². The highest BCUT2D eigenvalue weighted by Crippen LogP contribution is 2.34. The van der Waals surface area contributed by atoms with Crippen molar-refractivity contribution in [3.63, 3.8) is 0 Å². The molecule has 0 aromatic rings. The molecule has 0 unspecified atom stereocenters. The molecule has 0 amide bonds. The Bertz CT molecular complexity index is 866.